The van der Waals surface area contributed by atoms with E-state index in [1.54, 1.807) is 6.92 Å². The van der Waals surface area contributed by atoms with Gasteiger partial charge in [-0.15, -0.1) is 0 Å². The van der Waals surface area contributed by atoms with Crippen LogP contribution in [0.25, 0.3) is 0 Å². The molecule has 1 amide bonds. The maximum atomic E-state index is 13.2. The second-order valence-electron chi connectivity index (χ2n) is 7.63. The number of carbonyl (C=O) groups is 2. The first-order chi connectivity index (χ1) is 13.5. The molecule has 28 heavy (non-hydrogen) atoms. The molecule has 1 aromatic carbocycles. The lowest BCUT2D eigenvalue weighted by molar-refractivity contribution is 0.0484. The molecule has 5 nitrogen and oxygen atoms in total. The average molecular weight is 382 g/mol. The Morgan fingerprint density at radius 2 is 1.79 bits per heavy atom. The number of nitrogens with zero attached hydrogens (tertiary/aromatic N) is 2. The van der Waals surface area contributed by atoms with Crippen LogP contribution in [0.15, 0.2) is 42.5 Å². The van der Waals surface area contributed by atoms with Crippen molar-refractivity contribution in [1.29, 1.82) is 0 Å². The number of benzene rings is 1. The summed E-state index contributed by atoms with van der Waals surface area (Å²) in [6, 6.07) is 12.4. The van der Waals surface area contributed by atoms with Gasteiger partial charge in [-0.25, -0.2) is 9.78 Å². The van der Waals surface area contributed by atoms with Crippen molar-refractivity contribution in [3.8, 4) is 0 Å². The van der Waals surface area contributed by atoms with Crippen molar-refractivity contribution in [3.63, 3.8) is 0 Å². The van der Waals surface area contributed by atoms with Gasteiger partial charge in [-0.05, 0) is 50.3 Å². The molecule has 0 aliphatic carbocycles. The van der Waals surface area contributed by atoms with E-state index in [0.717, 1.165) is 18.4 Å². The third kappa shape index (κ3) is 3.63. The van der Waals surface area contributed by atoms with E-state index in [2.05, 4.69) is 4.98 Å². The van der Waals surface area contributed by atoms with E-state index >= 15 is 0 Å². The van der Waals surface area contributed by atoms with Crippen LogP contribution in [0.2, 0.25) is 0 Å². The molecule has 0 radical (unpaired) electrons. The highest BCUT2D eigenvalue weighted by Gasteiger charge is 2.46. The standard InChI is InChI=1S/C22H23FN2O3/c1-14-19(9-10-20(23)24-14)21(26)16-11-17-7-8-18(12-16)25(17)22(27)28-13-15-5-3-2-4-6-15/h2-6,9-10,16-18H,7-8,11-13H2,1H3. The molecular formula is C22H23FN2O3. The first-order valence-corrected chi connectivity index (χ1v) is 9.69. The molecule has 4 rings (SSSR count). The number of aromatic nitrogens is 1. The summed E-state index contributed by atoms with van der Waals surface area (Å²) in [5, 5.41) is 0. The zero-order chi connectivity index (χ0) is 19.7. The first-order valence-electron chi connectivity index (χ1n) is 9.69. The summed E-state index contributed by atoms with van der Waals surface area (Å²) in [6.07, 6.45) is 2.70. The molecule has 2 bridgehead atoms. The molecule has 0 spiro atoms. The third-order valence-corrected chi connectivity index (χ3v) is 5.84. The van der Waals surface area contributed by atoms with Crippen molar-refractivity contribution in [2.75, 3.05) is 0 Å². The fourth-order valence-corrected chi connectivity index (χ4v) is 4.49. The molecule has 2 aromatic rings. The van der Waals surface area contributed by atoms with Gasteiger partial charge in [0.2, 0.25) is 5.95 Å². The highest BCUT2D eigenvalue weighted by molar-refractivity contribution is 5.99. The van der Waals surface area contributed by atoms with Crippen LogP contribution >= 0.6 is 0 Å². The molecule has 0 saturated carbocycles. The number of carbonyl (C=O) groups excluding carboxylic acids is 2. The molecule has 6 heteroatoms. The van der Waals surface area contributed by atoms with Gasteiger partial charge in [-0.1, -0.05) is 30.3 Å². The number of hydrogen-bond donors (Lipinski definition) is 0. The maximum Gasteiger partial charge on any atom is 0.410 e. The van der Waals surface area contributed by atoms with Crippen molar-refractivity contribution >= 4 is 11.9 Å². The Morgan fingerprint density at radius 1 is 1.11 bits per heavy atom. The monoisotopic (exact) mass is 382 g/mol. The number of hydrogen-bond acceptors (Lipinski definition) is 4. The van der Waals surface area contributed by atoms with Gasteiger partial charge in [-0.2, -0.15) is 4.39 Å². The molecule has 2 aliphatic rings. The van der Waals surface area contributed by atoms with Gasteiger partial charge < -0.3 is 9.64 Å². The second-order valence-corrected chi connectivity index (χ2v) is 7.63. The highest BCUT2D eigenvalue weighted by Crippen LogP contribution is 2.40. The molecule has 2 atom stereocenters. The van der Waals surface area contributed by atoms with Crippen LogP contribution in [-0.2, 0) is 11.3 Å². The minimum absolute atomic E-state index is 0.000738. The van der Waals surface area contributed by atoms with Crippen molar-refractivity contribution in [3.05, 3.63) is 65.2 Å². The summed E-state index contributed by atoms with van der Waals surface area (Å²) in [6.45, 7) is 1.90. The van der Waals surface area contributed by atoms with Crippen LogP contribution in [0.5, 0.6) is 0 Å². The summed E-state index contributed by atoms with van der Waals surface area (Å²) in [7, 11) is 0. The van der Waals surface area contributed by atoms with Gasteiger partial charge in [0.25, 0.3) is 0 Å². The Bertz CT molecular complexity index is 873. The number of rotatable bonds is 4. The lowest BCUT2D eigenvalue weighted by Crippen LogP contribution is -2.48. The van der Waals surface area contributed by atoms with E-state index in [-0.39, 0.29) is 36.5 Å². The van der Waals surface area contributed by atoms with Crippen molar-refractivity contribution in [2.24, 2.45) is 5.92 Å². The predicted molar refractivity (Wildman–Crippen MR) is 101 cm³/mol. The van der Waals surface area contributed by atoms with E-state index in [0.29, 0.717) is 24.1 Å². The fourth-order valence-electron chi connectivity index (χ4n) is 4.49. The van der Waals surface area contributed by atoms with E-state index < -0.39 is 5.95 Å². The number of fused-ring (bicyclic) bond motifs is 2. The SMILES string of the molecule is Cc1nc(F)ccc1C(=O)C1CC2CCC(C1)N2C(=O)OCc1ccccc1. The molecule has 1 aromatic heterocycles. The Morgan fingerprint density at radius 3 is 2.43 bits per heavy atom. The quantitative estimate of drug-likeness (QED) is 0.585. The summed E-state index contributed by atoms with van der Waals surface area (Å²) in [5.74, 6) is -0.745. The van der Waals surface area contributed by atoms with Crippen LogP contribution in [0.1, 0.15) is 47.3 Å². The molecular weight excluding hydrogens is 359 g/mol. The van der Waals surface area contributed by atoms with Crippen molar-refractivity contribution < 1.29 is 18.7 Å². The maximum absolute atomic E-state index is 13.2. The minimum Gasteiger partial charge on any atom is -0.445 e. The summed E-state index contributed by atoms with van der Waals surface area (Å²) in [4.78, 5) is 31.2. The number of ether oxygens (including phenoxy) is 1. The number of pyridine rings is 1. The molecule has 2 saturated heterocycles. The lowest BCUT2D eigenvalue weighted by atomic mass is 9.84. The van der Waals surface area contributed by atoms with E-state index in [4.69, 9.17) is 4.74 Å². The van der Waals surface area contributed by atoms with Gasteiger partial charge in [0.15, 0.2) is 5.78 Å². The Labute approximate surface area is 163 Å². The van der Waals surface area contributed by atoms with Gasteiger partial charge in [-0.3, -0.25) is 4.79 Å². The van der Waals surface area contributed by atoms with Gasteiger partial charge in [0.05, 0.1) is 5.69 Å². The summed E-state index contributed by atoms with van der Waals surface area (Å²) < 4.78 is 18.8. The Hall–Kier alpha value is -2.76. The van der Waals surface area contributed by atoms with Crippen molar-refractivity contribution in [2.45, 2.75) is 51.3 Å². The average Bonchev–Trinajstić information content (AvgIpc) is 2.96. The molecule has 0 N–H and O–H groups in total. The number of amides is 1. The van der Waals surface area contributed by atoms with Crippen LogP contribution in [0.3, 0.4) is 0 Å². The zero-order valence-electron chi connectivity index (χ0n) is 15.8. The Kier molecular flexibility index (Phi) is 5.11. The zero-order valence-corrected chi connectivity index (χ0v) is 15.8. The molecule has 2 unspecified atom stereocenters. The summed E-state index contributed by atoms with van der Waals surface area (Å²) in [5.41, 5.74) is 1.85. The molecule has 146 valence electrons. The number of aryl methyl sites for hydroxylation is 1. The smallest absolute Gasteiger partial charge is 0.410 e. The second kappa shape index (κ2) is 7.70. The predicted octanol–water partition coefficient (Wildman–Crippen LogP) is 4.29. The van der Waals surface area contributed by atoms with Gasteiger partial charge in [0, 0.05) is 23.6 Å². The van der Waals surface area contributed by atoms with E-state index in [1.165, 1.54) is 12.1 Å². The van der Waals surface area contributed by atoms with Crippen molar-refractivity contribution in [1.82, 2.24) is 9.88 Å². The molecule has 2 fully saturated rings. The van der Waals surface area contributed by atoms with Crippen LogP contribution in [0, 0.1) is 18.8 Å². The summed E-state index contributed by atoms with van der Waals surface area (Å²) >= 11 is 0. The fraction of sp³-hybridized carbons (Fsp3) is 0.409. The first kappa shape index (κ1) is 18.6. The lowest BCUT2D eigenvalue weighted by Gasteiger charge is -2.37. The number of piperidine rings is 1. The van der Waals surface area contributed by atoms with Gasteiger partial charge >= 0.3 is 6.09 Å². The third-order valence-electron chi connectivity index (χ3n) is 5.84. The number of Topliss-reactive ketones (excluding diaryl/α,β-unsaturated/α-hetero) is 1. The number of ketones is 1. The topological polar surface area (TPSA) is 59.5 Å². The molecule has 2 aliphatic heterocycles. The molecule has 3 heterocycles. The van der Waals surface area contributed by atoms with Gasteiger partial charge in [0.1, 0.15) is 6.61 Å². The van der Waals surface area contributed by atoms with E-state index in [9.17, 15) is 14.0 Å². The largest absolute Gasteiger partial charge is 0.445 e. The highest BCUT2D eigenvalue weighted by atomic mass is 19.1. The normalized spacial score (nSPS) is 23.5. The van der Waals surface area contributed by atoms with E-state index in [1.807, 2.05) is 35.2 Å². The van der Waals surface area contributed by atoms with Crippen LogP contribution in [-0.4, -0.2) is 33.8 Å². The Balaban J connectivity index is 1.41. The van der Waals surface area contributed by atoms with Crippen LogP contribution < -0.4 is 0 Å². The minimum atomic E-state index is -0.579. The van der Waals surface area contributed by atoms with Crippen LogP contribution in [0.4, 0.5) is 9.18 Å². The number of halogens is 1.